The Bertz CT molecular complexity index is 294. The summed E-state index contributed by atoms with van der Waals surface area (Å²) in [6, 6.07) is 0. The number of rotatable bonds is 10. The third kappa shape index (κ3) is 6.31. The van der Waals surface area contributed by atoms with Crippen LogP contribution in [0.3, 0.4) is 0 Å². The van der Waals surface area contributed by atoms with E-state index in [0.717, 1.165) is 0 Å². The van der Waals surface area contributed by atoms with E-state index in [2.05, 4.69) is 6.58 Å². The molecule has 7 heteroatoms. The van der Waals surface area contributed by atoms with Crippen molar-refractivity contribution >= 4 is 13.8 Å². The normalized spacial score (nSPS) is 13.1. The third-order valence-electron chi connectivity index (χ3n) is 1.76. The molecule has 0 amide bonds. The predicted molar refractivity (Wildman–Crippen MR) is 67.2 cm³/mol. The van der Waals surface area contributed by atoms with Crippen molar-refractivity contribution in [1.82, 2.24) is 0 Å². The van der Waals surface area contributed by atoms with Crippen molar-refractivity contribution in [3.05, 3.63) is 12.7 Å². The van der Waals surface area contributed by atoms with E-state index in [1.165, 1.54) is 6.08 Å². The highest BCUT2D eigenvalue weighted by molar-refractivity contribution is 7.48. The summed E-state index contributed by atoms with van der Waals surface area (Å²) in [5, 5.41) is 0. The van der Waals surface area contributed by atoms with Gasteiger partial charge in [-0.25, -0.2) is 9.36 Å². The fourth-order valence-electron chi connectivity index (χ4n) is 1.14. The van der Waals surface area contributed by atoms with Crippen LogP contribution in [0.2, 0.25) is 0 Å². The van der Waals surface area contributed by atoms with Crippen LogP contribution >= 0.6 is 7.82 Å². The van der Waals surface area contributed by atoms with Crippen molar-refractivity contribution in [3.63, 3.8) is 0 Å². The molecular formula is C11H21O6P. The molecule has 18 heavy (non-hydrogen) atoms. The van der Waals surface area contributed by atoms with Gasteiger partial charge < -0.3 is 4.74 Å². The number of carbonyl (C=O) groups is 1. The molecule has 0 bridgehead atoms. The number of carbonyl (C=O) groups excluding carboxylic acids is 1. The van der Waals surface area contributed by atoms with Gasteiger partial charge >= 0.3 is 13.8 Å². The Balaban J connectivity index is 4.74. The van der Waals surface area contributed by atoms with Crippen LogP contribution in [0.1, 0.15) is 27.2 Å². The number of phosphoric ester groups is 1. The molecule has 6 nitrogen and oxygen atoms in total. The quantitative estimate of drug-likeness (QED) is 0.348. The molecule has 1 atom stereocenters. The van der Waals surface area contributed by atoms with Crippen LogP contribution in [0.15, 0.2) is 12.7 Å². The molecule has 0 heterocycles. The van der Waals surface area contributed by atoms with Crippen LogP contribution in [-0.2, 0) is 27.7 Å². The summed E-state index contributed by atoms with van der Waals surface area (Å²) in [6.07, 6.45) is 0.610. The summed E-state index contributed by atoms with van der Waals surface area (Å²) in [7, 11) is -3.73. The lowest BCUT2D eigenvalue weighted by atomic mass is 10.2. The summed E-state index contributed by atoms with van der Waals surface area (Å²) in [4.78, 5) is 11.6. The van der Waals surface area contributed by atoms with Gasteiger partial charge in [-0.1, -0.05) is 6.08 Å². The minimum atomic E-state index is -3.73. The van der Waals surface area contributed by atoms with Gasteiger partial charge in [0.25, 0.3) is 0 Å². The molecule has 0 fully saturated rings. The lowest BCUT2D eigenvalue weighted by Gasteiger charge is -2.21. The van der Waals surface area contributed by atoms with Crippen LogP contribution < -0.4 is 0 Å². The van der Waals surface area contributed by atoms with Crippen molar-refractivity contribution in [3.8, 4) is 0 Å². The molecule has 0 aromatic heterocycles. The van der Waals surface area contributed by atoms with Crippen LogP contribution in [0.4, 0.5) is 0 Å². The second-order valence-corrected chi connectivity index (χ2v) is 4.77. The van der Waals surface area contributed by atoms with Crippen molar-refractivity contribution in [2.45, 2.75) is 33.3 Å². The second kappa shape index (κ2) is 9.28. The van der Waals surface area contributed by atoms with Crippen molar-refractivity contribution < 1.29 is 27.7 Å². The van der Waals surface area contributed by atoms with E-state index < -0.39 is 19.9 Å². The first-order valence-electron chi connectivity index (χ1n) is 5.88. The molecule has 0 rings (SSSR count). The molecule has 0 saturated heterocycles. The Morgan fingerprint density at radius 1 is 1.22 bits per heavy atom. The molecule has 0 aliphatic heterocycles. The van der Waals surface area contributed by atoms with Gasteiger partial charge in [-0.2, -0.15) is 0 Å². The van der Waals surface area contributed by atoms with Crippen LogP contribution in [0.5, 0.6) is 0 Å². The monoisotopic (exact) mass is 280 g/mol. The van der Waals surface area contributed by atoms with Crippen molar-refractivity contribution in [2.75, 3.05) is 19.8 Å². The van der Waals surface area contributed by atoms with Gasteiger partial charge in [0, 0.05) is 6.42 Å². The molecule has 0 aliphatic carbocycles. The van der Waals surface area contributed by atoms with E-state index in [1.807, 2.05) is 0 Å². The van der Waals surface area contributed by atoms with Crippen molar-refractivity contribution in [1.29, 1.82) is 0 Å². The summed E-state index contributed by atoms with van der Waals surface area (Å²) in [5.74, 6) is -0.614. The predicted octanol–water partition coefficient (Wildman–Crippen LogP) is 2.69. The van der Waals surface area contributed by atoms with Gasteiger partial charge in [0.05, 0.1) is 19.8 Å². The zero-order valence-corrected chi connectivity index (χ0v) is 12.0. The summed E-state index contributed by atoms with van der Waals surface area (Å²) >= 11 is 0. The molecular weight excluding hydrogens is 259 g/mol. The maximum absolute atomic E-state index is 12.1. The van der Waals surface area contributed by atoms with Gasteiger partial charge in [-0.3, -0.25) is 13.6 Å². The molecule has 0 N–H and O–H groups in total. The Labute approximate surface area is 108 Å². The zero-order chi connectivity index (χ0) is 14.0. The van der Waals surface area contributed by atoms with E-state index >= 15 is 0 Å². The molecule has 0 aromatic carbocycles. The summed E-state index contributed by atoms with van der Waals surface area (Å²) in [5.41, 5.74) is 0. The Hall–Kier alpha value is -0.680. The van der Waals surface area contributed by atoms with E-state index in [0.29, 0.717) is 0 Å². The van der Waals surface area contributed by atoms with Crippen LogP contribution in [-0.4, -0.2) is 31.9 Å². The lowest BCUT2D eigenvalue weighted by molar-refractivity contribution is -0.152. The largest absolute Gasteiger partial charge is 0.475 e. The second-order valence-electron chi connectivity index (χ2n) is 3.15. The number of hydrogen-bond donors (Lipinski definition) is 0. The molecule has 0 unspecified atom stereocenters. The van der Waals surface area contributed by atoms with Gasteiger partial charge in [0.15, 0.2) is 6.10 Å². The molecule has 0 aromatic rings. The number of phosphoric acid groups is 1. The van der Waals surface area contributed by atoms with Crippen LogP contribution in [0.25, 0.3) is 0 Å². The number of esters is 1. The highest BCUT2D eigenvalue weighted by atomic mass is 31.2. The Morgan fingerprint density at radius 2 is 1.78 bits per heavy atom. The SMILES string of the molecule is C=CC[C@H](OP(=O)(OCC)OCC)C(=O)OCC. The van der Waals surface area contributed by atoms with Gasteiger partial charge in [-0.05, 0) is 20.8 Å². The van der Waals surface area contributed by atoms with Gasteiger partial charge in [0.1, 0.15) is 0 Å². The maximum atomic E-state index is 12.1. The lowest BCUT2D eigenvalue weighted by Crippen LogP contribution is -2.26. The fourth-order valence-corrected chi connectivity index (χ4v) is 2.45. The van der Waals surface area contributed by atoms with E-state index in [9.17, 15) is 9.36 Å². The number of ether oxygens (including phenoxy) is 1. The number of hydrogen-bond acceptors (Lipinski definition) is 6. The summed E-state index contributed by atoms with van der Waals surface area (Å²) < 4.78 is 31.9. The average molecular weight is 280 g/mol. The first-order valence-corrected chi connectivity index (χ1v) is 7.34. The smallest absolute Gasteiger partial charge is 0.464 e. The highest BCUT2D eigenvalue weighted by Crippen LogP contribution is 2.50. The highest BCUT2D eigenvalue weighted by Gasteiger charge is 2.33. The van der Waals surface area contributed by atoms with Crippen molar-refractivity contribution in [2.24, 2.45) is 0 Å². The molecule has 0 saturated carbocycles. The molecule has 106 valence electrons. The Kier molecular flexibility index (Phi) is 8.93. The van der Waals surface area contributed by atoms with Crippen LogP contribution in [0, 0.1) is 0 Å². The standard InChI is InChI=1S/C11H21O6P/c1-5-9-10(11(12)14-6-2)17-18(13,15-7-3)16-8-4/h5,10H,1,6-9H2,2-4H3/t10-/m0/s1. The Morgan fingerprint density at radius 3 is 2.17 bits per heavy atom. The maximum Gasteiger partial charge on any atom is 0.475 e. The van der Waals surface area contributed by atoms with E-state index in [-0.39, 0.29) is 26.2 Å². The fraction of sp³-hybridized carbons (Fsp3) is 0.727. The average Bonchev–Trinajstić information content (AvgIpc) is 2.29. The molecule has 0 spiro atoms. The first-order chi connectivity index (χ1) is 8.52. The topological polar surface area (TPSA) is 71.1 Å². The van der Waals surface area contributed by atoms with E-state index in [4.69, 9.17) is 18.3 Å². The molecule has 0 radical (unpaired) electrons. The summed E-state index contributed by atoms with van der Waals surface area (Å²) in [6.45, 7) is 9.01. The minimum absolute atomic E-state index is 0.154. The third-order valence-corrected chi connectivity index (χ3v) is 3.42. The van der Waals surface area contributed by atoms with Gasteiger partial charge in [-0.15, -0.1) is 6.58 Å². The minimum Gasteiger partial charge on any atom is -0.464 e. The zero-order valence-electron chi connectivity index (χ0n) is 11.1. The first kappa shape index (κ1) is 17.3. The van der Waals surface area contributed by atoms with Gasteiger partial charge in [0.2, 0.25) is 0 Å². The van der Waals surface area contributed by atoms with E-state index in [1.54, 1.807) is 20.8 Å². The molecule has 0 aliphatic rings.